The zero-order chi connectivity index (χ0) is 22.3. The fourth-order valence-electron chi connectivity index (χ4n) is 4.42. The van der Waals surface area contributed by atoms with Gasteiger partial charge < -0.3 is 10.2 Å². The molecule has 0 unspecified atom stereocenters. The molecule has 2 heterocycles. The van der Waals surface area contributed by atoms with Crippen molar-refractivity contribution in [3.05, 3.63) is 29.8 Å². The average Bonchev–Trinajstić information content (AvgIpc) is 2.80. The SMILES string of the molecule is CCc1ccc(S(=O)(=O)N(CCC(=O)N2CCNCC2)CCN2CCCC[C@H]2C)cc1. The Kier molecular flexibility index (Phi) is 8.89. The van der Waals surface area contributed by atoms with Crippen molar-refractivity contribution in [2.24, 2.45) is 0 Å². The van der Waals surface area contributed by atoms with Gasteiger partial charge in [0.05, 0.1) is 4.90 Å². The van der Waals surface area contributed by atoms with Crippen LogP contribution in [0.2, 0.25) is 0 Å². The number of rotatable bonds is 9. The first-order valence-corrected chi connectivity index (χ1v) is 13.2. The molecule has 1 N–H and O–H groups in total. The highest BCUT2D eigenvalue weighted by atomic mass is 32.2. The van der Waals surface area contributed by atoms with Gasteiger partial charge in [-0.15, -0.1) is 0 Å². The molecule has 0 bridgehead atoms. The number of piperidine rings is 1. The summed E-state index contributed by atoms with van der Waals surface area (Å²) < 4.78 is 28.4. The molecule has 7 nitrogen and oxygen atoms in total. The van der Waals surface area contributed by atoms with Crippen LogP contribution in [0.3, 0.4) is 0 Å². The van der Waals surface area contributed by atoms with Crippen LogP contribution in [0.25, 0.3) is 0 Å². The number of nitrogens with zero attached hydrogens (tertiary/aromatic N) is 3. The monoisotopic (exact) mass is 450 g/mol. The van der Waals surface area contributed by atoms with Crippen LogP contribution in [-0.2, 0) is 21.2 Å². The van der Waals surface area contributed by atoms with Crippen molar-refractivity contribution in [3.8, 4) is 0 Å². The van der Waals surface area contributed by atoms with Gasteiger partial charge in [-0.2, -0.15) is 4.31 Å². The van der Waals surface area contributed by atoms with E-state index < -0.39 is 10.0 Å². The van der Waals surface area contributed by atoms with Gasteiger partial charge in [-0.3, -0.25) is 9.69 Å². The van der Waals surface area contributed by atoms with Gasteiger partial charge in [0.15, 0.2) is 0 Å². The minimum atomic E-state index is -3.65. The quantitative estimate of drug-likeness (QED) is 0.622. The van der Waals surface area contributed by atoms with Crippen LogP contribution in [0.15, 0.2) is 29.2 Å². The van der Waals surface area contributed by atoms with Gasteiger partial charge in [0.1, 0.15) is 0 Å². The van der Waals surface area contributed by atoms with E-state index >= 15 is 0 Å². The molecular formula is C23H38N4O3S. The van der Waals surface area contributed by atoms with E-state index in [-0.39, 0.29) is 18.9 Å². The van der Waals surface area contributed by atoms with Crippen molar-refractivity contribution >= 4 is 15.9 Å². The molecule has 1 aromatic carbocycles. The standard InChI is InChI=1S/C23H38N4O3S/c1-3-21-7-9-22(10-8-21)31(29,30)27(19-18-25-14-5-4-6-20(25)2)15-11-23(28)26-16-12-24-13-17-26/h7-10,20,24H,3-6,11-19H2,1-2H3/t20-/m1/s1. The van der Waals surface area contributed by atoms with E-state index in [2.05, 4.69) is 24.1 Å². The van der Waals surface area contributed by atoms with E-state index in [1.54, 1.807) is 12.1 Å². The van der Waals surface area contributed by atoms with Crippen LogP contribution in [-0.4, -0.2) is 86.8 Å². The number of hydrogen-bond acceptors (Lipinski definition) is 5. The molecule has 8 heteroatoms. The lowest BCUT2D eigenvalue weighted by Crippen LogP contribution is -2.48. The number of benzene rings is 1. The fraction of sp³-hybridized carbons (Fsp3) is 0.696. The molecule has 2 saturated heterocycles. The van der Waals surface area contributed by atoms with E-state index in [1.165, 1.54) is 10.7 Å². The first-order valence-electron chi connectivity index (χ1n) is 11.7. The van der Waals surface area contributed by atoms with E-state index in [0.717, 1.165) is 44.5 Å². The molecule has 174 valence electrons. The minimum Gasteiger partial charge on any atom is -0.340 e. The second-order valence-corrected chi connectivity index (χ2v) is 10.6. The number of amides is 1. The molecule has 1 aromatic rings. The smallest absolute Gasteiger partial charge is 0.243 e. The first-order chi connectivity index (χ1) is 14.9. The molecule has 0 saturated carbocycles. The van der Waals surface area contributed by atoms with E-state index in [0.29, 0.717) is 37.1 Å². The van der Waals surface area contributed by atoms with E-state index in [4.69, 9.17) is 0 Å². The van der Waals surface area contributed by atoms with Crippen molar-refractivity contribution in [2.75, 3.05) is 52.4 Å². The molecule has 2 fully saturated rings. The summed E-state index contributed by atoms with van der Waals surface area (Å²) in [5.74, 6) is 0.0365. The Labute approximate surface area is 187 Å². The molecule has 1 amide bonds. The summed E-state index contributed by atoms with van der Waals surface area (Å²) in [7, 11) is -3.65. The summed E-state index contributed by atoms with van der Waals surface area (Å²) >= 11 is 0. The summed E-state index contributed by atoms with van der Waals surface area (Å²) in [5, 5.41) is 3.24. The van der Waals surface area contributed by atoms with Crippen LogP contribution in [0.4, 0.5) is 0 Å². The highest BCUT2D eigenvalue weighted by molar-refractivity contribution is 7.89. The summed E-state index contributed by atoms with van der Waals surface area (Å²) in [6, 6.07) is 7.63. The predicted octanol–water partition coefficient (Wildman–Crippen LogP) is 1.94. The van der Waals surface area contributed by atoms with Gasteiger partial charge in [-0.1, -0.05) is 25.5 Å². The number of hydrogen-bond donors (Lipinski definition) is 1. The maximum absolute atomic E-state index is 13.4. The molecule has 0 radical (unpaired) electrons. The summed E-state index contributed by atoms with van der Waals surface area (Å²) in [5.41, 5.74) is 1.11. The maximum atomic E-state index is 13.4. The number of nitrogens with one attached hydrogen (secondary N) is 1. The Hall–Kier alpha value is -1.48. The van der Waals surface area contributed by atoms with Crippen molar-refractivity contribution in [1.29, 1.82) is 0 Å². The van der Waals surface area contributed by atoms with Gasteiger partial charge in [-0.25, -0.2) is 8.42 Å². The first kappa shape index (κ1) is 24.2. The molecule has 0 aliphatic carbocycles. The maximum Gasteiger partial charge on any atom is 0.243 e. The van der Waals surface area contributed by atoms with Gasteiger partial charge in [-0.05, 0) is 50.4 Å². The fourth-order valence-corrected chi connectivity index (χ4v) is 5.85. The van der Waals surface area contributed by atoms with Crippen LogP contribution in [0.5, 0.6) is 0 Å². The predicted molar refractivity (Wildman–Crippen MR) is 124 cm³/mol. The lowest BCUT2D eigenvalue weighted by Gasteiger charge is -2.35. The Morgan fingerprint density at radius 2 is 1.81 bits per heavy atom. The lowest BCUT2D eigenvalue weighted by atomic mass is 10.0. The van der Waals surface area contributed by atoms with E-state index in [1.807, 2.05) is 17.0 Å². The number of sulfonamides is 1. The topological polar surface area (TPSA) is 73.0 Å². The summed E-state index contributed by atoms with van der Waals surface area (Å²) in [4.78, 5) is 17.2. The molecule has 2 aliphatic rings. The molecule has 3 rings (SSSR count). The molecule has 2 aliphatic heterocycles. The number of carbonyl (C=O) groups is 1. The summed E-state index contributed by atoms with van der Waals surface area (Å²) in [6.07, 6.45) is 4.66. The van der Waals surface area contributed by atoms with Crippen molar-refractivity contribution < 1.29 is 13.2 Å². The van der Waals surface area contributed by atoms with E-state index in [9.17, 15) is 13.2 Å². The number of likely N-dealkylation sites (tertiary alicyclic amines) is 1. The molecular weight excluding hydrogens is 412 g/mol. The van der Waals surface area contributed by atoms with Crippen LogP contribution >= 0.6 is 0 Å². The molecule has 0 spiro atoms. The largest absolute Gasteiger partial charge is 0.340 e. The Morgan fingerprint density at radius 3 is 2.45 bits per heavy atom. The van der Waals surface area contributed by atoms with Crippen molar-refractivity contribution in [2.45, 2.75) is 56.9 Å². The number of aryl methyl sites for hydroxylation is 1. The molecule has 31 heavy (non-hydrogen) atoms. The van der Waals surface area contributed by atoms with Crippen LogP contribution in [0.1, 0.15) is 45.1 Å². The van der Waals surface area contributed by atoms with Crippen LogP contribution < -0.4 is 5.32 Å². The van der Waals surface area contributed by atoms with Crippen LogP contribution in [0, 0.1) is 0 Å². The average molecular weight is 451 g/mol. The lowest BCUT2D eigenvalue weighted by molar-refractivity contribution is -0.131. The third-order valence-corrected chi connectivity index (χ3v) is 8.50. The highest BCUT2D eigenvalue weighted by Gasteiger charge is 2.28. The van der Waals surface area contributed by atoms with Crippen molar-refractivity contribution in [3.63, 3.8) is 0 Å². The van der Waals surface area contributed by atoms with Gasteiger partial charge in [0.25, 0.3) is 0 Å². The second kappa shape index (κ2) is 11.4. The zero-order valence-corrected chi connectivity index (χ0v) is 19.9. The van der Waals surface area contributed by atoms with Gasteiger partial charge >= 0.3 is 0 Å². The highest BCUT2D eigenvalue weighted by Crippen LogP contribution is 2.20. The van der Waals surface area contributed by atoms with Gasteiger partial charge in [0.2, 0.25) is 15.9 Å². The third kappa shape index (κ3) is 6.51. The van der Waals surface area contributed by atoms with Crippen molar-refractivity contribution in [1.82, 2.24) is 19.4 Å². The zero-order valence-electron chi connectivity index (χ0n) is 19.1. The Bertz CT molecular complexity index is 807. The number of carbonyl (C=O) groups excluding carboxylic acids is 1. The Morgan fingerprint density at radius 1 is 1.10 bits per heavy atom. The normalized spacial score (nSPS) is 20.9. The molecule has 1 atom stereocenters. The summed E-state index contributed by atoms with van der Waals surface area (Å²) in [6.45, 7) is 9.60. The number of piperazine rings is 1. The second-order valence-electron chi connectivity index (χ2n) is 8.66. The Balaban J connectivity index is 1.70. The van der Waals surface area contributed by atoms with Gasteiger partial charge in [0, 0.05) is 58.3 Å². The minimum absolute atomic E-state index is 0.0365. The third-order valence-electron chi connectivity index (χ3n) is 6.59. The molecule has 0 aromatic heterocycles.